The van der Waals surface area contributed by atoms with Gasteiger partial charge in [-0.25, -0.2) is 0 Å². The number of rotatable bonds is 4. The highest BCUT2D eigenvalue weighted by atomic mass is 16.2. The van der Waals surface area contributed by atoms with Crippen LogP contribution in [-0.4, -0.2) is 47.3 Å². The summed E-state index contributed by atoms with van der Waals surface area (Å²) in [5.74, 6) is -0.740. The summed E-state index contributed by atoms with van der Waals surface area (Å²) in [6.45, 7) is 5.22. The number of hydrogen-bond acceptors (Lipinski definition) is 5. The first kappa shape index (κ1) is 18.1. The summed E-state index contributed by atoms with van der Waals surface area (Å²) in [5, 5.41) is 9.39. The molecule has 0 bridgehead atoms. The first-order valence-corrected chi connectivity index (χ1v) is 9.68. The maximum Gasteiger partial charge on any atom is 0.255 e. The lowest BCUT2D eigenvalue weighted by atomic mass is 9.91. The van der Waals surface area contributed by atoms with Gasteiger partial charge >= 0.3 is 0 Å². The molecule has 3 heterocycles. The van der Waals surface area contributed by atoms with E-state index in [2.05, 4.69) is 22.9 Å². The molecule has 3 amide bonds. The Morgan fingerprint density at radius 3 is 2.89 bits per heavy atom. The van der Waals surface area contributed by atoms with E-state index in [1.807, 2.05) is 18.2 Å². The summed E-state index contributed by atoms with van der Waals surface area (Å²) < 4.78 is 0. The third-order valence-corrected chi connectivity index (χ3v) is 5.94. The second-order valence-corrected chi connectivity index (χ2v) is 8.05. The Morgan fingerprint density at radius 2 is 2.15 bits per heavy atom. The van der Waals surface area contributed by atoms with Crippen LogP contribution in [0.25, 0.3) is 0 Å². The van der Waals surface area contributed by atoms with Crippen molar-refractivity contribution in [2.24, 2.45) is 0 Å². The van der Waals surface area contributed by atoms with Crippen LogP contribution in [-0.2, 0) is 22.7 Å². The molecule has 1 aromatic carbocycles. The van der Waals surface area contributed by atoms with Crippen molar-refractivity contribution >= 4 is 17.7 Å². The van der Waals surface area contributed by atoms with E-state index in [1.165, 1.54) is 0 Å². The molecule has 2 atom stereocenters. The van der Waals surface area contributed by atoms with Gasteiger partial charge in [0, 0.05) is 37.2 Å². The van der Waals surface area contributed by atoms with Crippen LogP contribution in [0.3, 0.4) is 0 Å². The predicted octanol–water partition coefficient (Wildman–Crippen LogP) is 0.679. The molecule has 4 rings (SSSR count). The molecule has 7 nitrogen and oxygen atoms in total. The number of amides is 3. The summed E-state index contributed by atoms with van der Waals surface area (Å²) in [6, 6.07) is 5.34. The minimum atomic E-state index is -0.566. The molecule has 2 saturated heterocycles. The van der Waals surface area contributed by atoms with E-state index in [-0.39, 0.29) is 29.7 Å². The predicted molar refractivity (Wildman–Crippen MR) is 99.8 cm³/mol. The van der Waals surface area contributed by atoms with E-state index < -0.39 is 6.04 Å². The van der Waals surface area contributed by atoms with Crippen molar-refractivity contribution in [1.82, 2.24) is 20.9 Å². The molecular formula is C20H26N4O3. The number of carbonyl (C=O) groups excluding carboxylic acids is 3. The Balaban J connectivity index is 1.51. The molecule has 0 radical (unpaired) electrons. The molecule has 144 valence electrons. The highest BCUT2D eigenvalue weighted by molar-refractivity contribution is 6.05. The van der Waals surface area contributed by atoms with Crippen molar-refractivity contribution in [3.63, 3.8) is 0 Å². The first-order valence-electron chi connectivity index (χ1n) is 9.68. The van der Waals surface area contributed by atoms with Crippen LogP contribution < -0.4 is 16.0 Å². The number of piperidine rings is 2. The lowest BCUT2D eigenvalue weighted by molar-refractivity contribution is -0.136. The van der Waals surface area contributed by atoms with Crippen molar-refractivity contribution < 1.29 is 14.4 Å². The smallest absolute Gasteiger partial charge is 0.255 e. The van der Waals surface area contributed by atoms with E-state index in [0.29, 0.717) is 25.1 Å². The lowest BCUT2D eigenvalue weighted by Crippen LogP contribution is -2.53. The largest absolute Gasteiger partial charge is 0.322 e. The number of hydrogen-bond donors (Lipinski definition) is 3. The lowest BCUT2D eigenvalue weighted by Gasteiger charge is -2.35. The monoisotopic (exact) mass is 370 g/mol. The van der Waals surface area contributed by atoms with Crippen LogP contribution >= 0.6 is 0 Å². The van der Waals surface area contributed by atoms with Gasteiger partial charge in [0.2, 0.25) is 11.8 Å². The third-order valence-electron chi connectivity index (χ3n) is 5.94. The van der Waals surface area contributed by atoms with Gasteiger partial charge in [-0.15, -0.1) is 0 Å². The van der Waals surface area contributed by atoms with Crippen molar-refractivity contribution in [3.8, 4) is 0 Å². The standard InChI is InChI=1S/C20H26N4O3/c1-20(8-3-9-21-12-20)22-10-13-4-2-5-14-11-24(19(27)17(13)14)15-6-7-16(25)23-18(15)26/h2,4-5,15,21-22H,3,6-12H2,1H3,(H,23,25,26). The fourth-order valence-electron chi connectivity index (χ4n) is 4.35. The maximum atomic E-state index is 13.1. The highest BCUT2D eigenvalue weighted by Gasteiger charge is 2.40. The molecule has 0 aliphatic carbocycles. The molecule has 0 spiro atoms. The number of nitrogens with one attached hydrogen (secondary N) is 3. The zero-order chi connectivity index (χ0) is 19.0. The molecule has 0 saturated carbocycles. The Hall–Kier alpha value is -2.25. The summed E-state index contributed by atoms with van der Waals surface area (Å²) >= 11 is 0. The average Bonchev–Trinajstić information content (AvgIpc) is 2.98. The topological polar surface area (TPSA) is 90.5 Å². The third kappa shape index (κ3) is 3.49. The molecule has 7 heteroatoms. The highest BCUT2D eigenvalue weighted by Crippen LogP contribution is 2.30. The minimum absolute atomic E-state index is 0.0198. The molecule has 1 aromatic rings. The fourth-order valence-corrected chi connectivity index (χ4v) is 4.35. The van der Waals surface area contributed by atoms with Crippen LogP contribution in [0.4, 0.5) is 0 Å². The van der Waals surface area contributed by atoms with Gasteiger partial charge in [0.05, 0.1) is 0 Å². The Kier molecular flexibility index (Phi) is 4.74. The summed E-state index contributed by atoms with van der Waals surface area (Å²) in [4.78, 5) is 38.3. The average molecular weight is 370 g/mol. The van der Waals surface area contributed by atoms with Gasteiger partial charge in [0.1, 0.15) is 6.04 Å². The Morgan fingerprint density at radius 1 is 1.30 bits per heavy atom. The number of imide groups is 1. The summed E-state index contributed by atoms with van der Waals surface area (Å²) in [7, 11) is 0. The SMILES string of the molecule is CC1(NCc2cccc3c2C(=O)N(C2CCC(=O)NC2=O)C3)CCCNC1. The molecule has 3 N–H and O–H groups in total. The number of carbonyl (C=O) groups is 3. The normalized spacial score (nSPS) is 28.3. The van der Waals surface area contributed by atoms with Crippen molar-refractivity contribution in [1.29, 1.82) is 0 Å². The quantitative estimate of drug-likeness (QED) is 0.678. The van der Waals surface area contributed by atoms with Crippen LogP contribution in [0.15, 0.2) is 18.2 Å². The van der Waals surface area contributed by atoms with Gasteiger partial charge in [0.15, 0.2) is 0 Å². The number of nitrogens with zero attached hydrogens (tertiary/aromatic N) is 1. The Labute approximate surface area is 158 Å². The van der Waals surface area contributed by atoms with Crippen molar-refractivity contribution in [3.05, 3.63) is 34.9 Å². The van der Waals surface area contributed by atoms with E-state index >= 15 is 0 Å². The minimum Gasteiger partial charge on any atom is -0.322 e. The first-order chi connectivity index (χ1) is 13.0. The van der Waals surface area contributed by atoms with Gasteiger partial charge in [-0.2, -0.15) is 0 Å². The molecule has 27 heavy (non-hydrogen) atoms. The molecule has 3 aliphatic rings. The summed E-state index contributed by atoms with van der Waals surface area (Å²) in [6.07, 6.45) is 2.90. The van der Waals surface area contributed by atoms with Crippen LogP contribution in [0.1, 0.15) is 54.1 Å². The molecule has 2 unspecified atom stereocenters. The van der Waals surface area contributed by atoms with Gasteiger partial charge in [-0.1, -0.05) is 18.2 Å². The van der Waals surface area contributed by atoms with Gasteiger partial charge in [0.25, 0.3) is 5.91 Å². The van der Waals surface area contributed by atoms with E-state index in [4.69, 9.17) is 0 Å². The van der Waals surface area contributed by atoms with E-state index in [0.717, 1.165) is 37.1 Å². The summed E-state index contributed by atoms with van der Waals surface area (Å²) in [5.41, 5.74) is 2.66. The second-order valence-electron chi connectivity index (χ2n) is 8.05. The number of fused-ring (bicyclic) bond motifs is 1. The zero-order valence-electron chi connectivity index (χ0n) is 15.6. The van der Waals surface area contributed by atoms with Gasteiger partial charge in [-0.05, 0) is 43.9 Å². The van der Waals surface area contributed by atoms with Crippen LogP contribution in [0.2, 0.25) is 0 Å². The van der Waals surface area contributed by atoms with E-state index in [1.54, 1.807) is 4.90 Å². The zero-order valence-corrected chi connectivity index (χ0v) is 15.6. The van der Waals surface area contributed by atoms with Crippen molar-refractivity contribution in [2.45, 2.75) is 57.3 Å². The van der Waals surface area contributed by atoms with E-state index in [9.17, 15) is 14.4 Å². The molecule has 2 fully saturated rings. The molecular weight excluding hydrogens is 344 g/mol. The molecule has 3 aliphatic heterocycles. The van der Waals surface area contributed by atoms with Crippen LogP contribution in [0.5, 0.6) is 0 Å². The maximum absolute atomic E-state index is 13.1. The van der Waals surface area contributed by atoms with Crippen LogP contribution in [0, 0.1) is 0 Å². The fraction of sp³-hybridized carbons (Fsp3) is 0.550. The number of benzene rings is 1. The Bertz CT molecular complexity index is 785. The molecule has 0 aromatic heterocycles. The van der Waals surface area contributed by atoms with Gasteiger partial charge in [-0.3, -0.25) is 19.7 Å². The van der Waals surface area contributed by atoms with Crippen molar-refractivity contribution in [2.75, 3.05) is 13.1 Å². The second kappa shape index (κ2) is 7.05. The van der Waals surface area contributed by atoms with Gasteiger partial charge < -0.3 is 15.5 Å².